The van der Waals surface area contributed by atoms with Gasteiger partial charge >= 0.3 is 0 Å². The molecule has 0 saturated heterocycles. The minimum Gasteiger partial charge on any atom is -0.240 e. The normalized spacial score (nSPS) is 11.1. The van der Waals surface area contributed by atoms with Crippen molar-refractivity contribution in [3.63, 3.8) is 0 Å². The summed E-state index contributed by atoms with van der Waals surface area (Å²) in [5.41, 5.74) is 5.45. The van der Waals surface area contributed by atoms with Crippen LogP contribution < -0.4 is 0 Å². The van der Waals surface area contributed by atoms with Crippen LogP contribution in [0.25, 0.3) is 10.9 Å². The molecule has 1 nitrogen and oxygen atoms in total. The van der Waals surface area contributed by atoms with Crippen LogP contribution in [0.3, 0.4) is 0 Å². The number of rotatable bonds is 1. The Morgan fingerprint density at radius 3 is 2.78 bits per heavy atom. The minimum atomic E-state index is -1.35. The second-order valence-corrected chi connectivity index (χ2v) is 10.7. The zero-order chi connectivity index (χ0) is 13.2. The topological polar surface area (TPSA) is 12.9 Å². The van der Waals surface area contributed by atoms with Gasteiger partial charge in [0.15, 0.2) is 0 Å². The molecule has 0 fully saturated rings. The summed E-state index contributed by atoms with van der Waals surface area (Å²) in [6, 6.07) is 11.1. The molecule has 0 atom stereocenters. The zero-order valence-electron chi connectivity index (χ0n) is 11.2. The van der Waals surface area contributed by atoms with Crippen LogP contribution in [0.4, 0.5) is 0 Å². The predicted molar refractivity (Wildman–Crippen MR) is 82.6 cm³/mol. The first-order valence-corrected chi connectivity index (χ1v) is 10.6. The molecule has 0 unspecified atom stereocenters. The number of fused-ring (bicyclic) bond motifs is 1. The van der Waals surface area contributed by atoms with Gasteiger partial charge in [0.05, 0.1) is 11.1 Å². The molecule has 0 aliphatic carbocycles. The smallest absolute Gasteiger partial charge is 0.129 e. The van der Waals surface area contributed by atoms with Gasteiger partial charge in [-0.2, -0.15) is 0 Å². The van der Waals surface area contributed by atoms with E-state index in [0.29, 0.717) is 0 Å². The van der Waals surface area contributed by atoms with Gasteiger partial charge in [0, 0.05) is 5.39 Å². The van der Waals surface area contributed by atoms with Crippen molar-refractivity contribution in [3.05, 3.63) is 35.9 Å². The average molecular weight is 270 g/mol. The number of hydrogen-bond acceptors (Lipinski definition) is 2. The van der Waals surface area contributed by atoms with Gasteiger partial charge < -0.3 is 0 Å². The van der Waals surface area contributed by atoms with Crippen LogP contribution in [0.2, 0.25) is 19.6 Å². The average Bonchev–Trinajstić information content (AvgIpc) is 2.34. The van der Waals surface area contributed by atoms with E-state index in [-0.39, 0.29) is 0 Å². The SMILES string of the molecule is CSc1nc2cc[c]cc2cc1C#C[Si](C)(C)C. The molecule has 0 bridgehead atoms. The number of pyridine rings is 1. The van der Waals surface area contributed by atoms with Crippen LogP contribution in [0.1, 0.15) is 5.56 Å². The molecule has 0 aliphatic rings. The van der Waals surface area contributed by atoms with E-state index in [2.05, 4.69) is 48.2 Å². The first kappa shape index (κ1) is 13.2. The molecule has 18 heavy (non-hydrogen) atoms. The van der Waals surface area contributed by atoms with Crippen molar-refractivity contribution in [2.45, 2.75) is 24.7 Å². The van der Waals surface area contributed by atoms with Crippen LogP contribution in [-0.2, 0) is 0 Å². The number of aromatic nitrogens is 1. The van der Waals surface area contributed by atoms with E-state index in [9.17, 15) is 0 Å². The minimum absolute atomic E-state index is 1.01. The number of hydrogen-bond donors (Lipinski definition) is 0. The van der Waals surface area contributed by atoms with Gasteiger partial charge in [-0.1, -0.05) is 31.6 Å². The highest BCUT2D eigenvalue weighted by molar-refractivity contribution is 7.98. The molecule has 1 heterocycles. The number of nitrogens with zero attached hydrogens (tertiary/aromatic N) is 1. The summed E-state index contributed by atoms with van der Waals surface area (Å²) in [5, 5.41) is 2.12. The maximum absolute atomic E-state index is 4.65. The summed E-state index contributed by atoms with van der Waals surface area (Å²) in [6.45, 7) is 6.75. The quantitative estimate of drug-likeness (QED) is 0.441. The van der Waals surface area contributed by atoms with Gasteiger partial charge in [0.1, 0.15) is 13.1 Å². The molecule has 1 radical (unpaired) electrons. The molecule has 1 aromatic heterocycles. The van der Waals surface area contributed by atoms with E-state index < -0.39 is 8.07 Å². The molecule has 0 saturated carbocycles. The van der Waals surface area contributed by atoms with Crippen molar-refractivity contribution in [2.24, 2.45) is 0 Å². The largest absolute Gasteiger partial charge is 0.240 e. The molecule has 0 amide bonds. The molecule has 0 aliphatic heterocycles. The summed E-state index contributed by atoms with van der Waals surface area (Å²) < 4.78 is 0. The van der Waals surface area contributed by atoms with Gasteiger partial charge in [0.2, 0.25) is 0 Å². The van der Waals surface area contributed by atoms with E-state index >= 15 is 0 Å². The summed E-state index contributed by atoms with van der Waals surface area (Å²) >= 11 is 1.65. The zero-order valence-corrected chi connectivity index (χ0v) is 13.0. The van der Waals surface area contributed by atoms with Crippen molar-refractivity contribution in [3.8, 4) is 11.5 Å². The Kier molecular flexibility index (Phi) is 3.79. The fraction of sp³-hybridized carbons (Fsp3) is 0.267. The summed E-state index contributed by atoms with van der Waals surface area (Å²) in [7, 11) is -1.35. The first-order valence-electron chi connectivity index (χ1n) is 5.87. The highest BCUT2D eigenvalue weighted by Gasteiger charge is 2.09. The van der Waals surface area contributed by atoms with Gasteiger partial charge in [0.25, 0.3) is 0 Å². The first-order chi connectivity index (χ1) is 8.49. The third-order valence-electron chi connectivity index (χ3n) is 2.39. The third-order valence-corrected chi connectivity index (χ3v) is 3.96. The molecular formula is C15H16NSSi. The Morgan fingerprint density at radius 1 is 1.33 bits per heavy atom. The second kappa shape index (κ2) is 5.17. The highest BCUT2D eigenvalue weighted by atomic mass is 32.2. The van der Waals surface area contributed by atoms with Crippen LogP contribution >= 0.6 is 11.8 Å². The van der Waals surface area contributed by atoms with Crippen LogP contribution in [-0.4, -0.2) is 19.3 Å². The standard InChI is InChI=1S/C15H16NSSi/c1-17-15-13(9-10-18(2,3)4)11-12-7-5-6-8-14(12)16-15/h6-8,11H,1-4H3. The molecule has 0 spiro atoms. The molecular weight excluding hydrogens is 254 g/mol. The number of thioether (sulfide) groups is 1. The lowest BCUT2D eigenvalue weighted by molar-refractivity contribution is 1.17. The van der Waals surface area contributed by atoms with E-state index in [0.717, 1.165) is 21.5 Å². The molecule has 2 aromatic rings. The summed E-state index contributed by atoms with van der Waals surface area (Å²) in [6.07, 6.45) is 2.04. The van der Waals surface area contributed by atoms with Gasteiger partial charge in [-0.3, -0.25) is 0 Å². The van der Waals surface area contributed by atoms with E-state index in [1.807, 2.05) is 24.5 Å². The Labute approximate surface area is 114 Å². The predicted octanol–water partition coefficient (Wildman–Crippen LogP) is 3.99. The van der Waals surface area contributed by atoms with Crippen molar-refractivity contribution in [1.29, 1.82) is 0 Å². The molecule has 91 valence electrons. The highest BCUT2D eigenvalue weighted by Crippen LogP contribution is 2.22. The lowest BCUT2D eigenvalue weighted by Gasteiger charge is -2.06. The monoisotopic (exact) mass is 270 g/mol. The summed E-state index contributed by atoms with van der Waals surface area (Å²) in [5.74, 6) is 3.31. The van der Waals surface area contributed by atoms with Crippen molar-refractivity contribution < 1.29 is 0 Å². The van der Waals surface area contributed by atoms with Gasteiger partial charge in [-0.25, -0.2) is 4.98 Å². The molecule has 2 rings (SSSR count). The lowest BCUT2D eigenvalue weighted by Crippen LogP contribution is -2.16. The number of benzene rings is 1. The van der Waals surface area contributed by atoms with Crippen LogP contribution in [0.5, 0.6) is 0 Å². The second-order valence-electron chi connectivity index (χ2n) is 5.16. The maximum Gasteiger partial charge on any atom is 0.129 e. The van der Waals surface area contributed by atoms with Crippen LogP contribution in [0, 0.1) is 17.5 Å². The fourth-order valence-corrected chi connectivity index (χ4v) is 2.57. The fourth-order valence-electron chi connectivity index (χ4n) is 1.54. The lowest BCUT2D eigenvalue weighted by atomic mass is 10.2. The van der Waals surface area contributed by atoms with Crippen LogP contribution in [0.15, 0.2) is 29.3 Å². The Morgan fingerprint density at radius 2 is 2.11 bits per heavy atom. The Balaban J connectivity index is 2.57. The Bertz CT molecular complexity index is 632. The van der Waals surface area contributed by atoms with E-state index in [4.69, 9.17) is 0 Å². The molecule has 1 aromatic carbocycles. The summed E-state index contributed by atoms with van der Waals surface area (Å²) in [4.78, 5) is 4.65. The van der Waals surface area contributed by atoms with Gasteiger partial charge in [-0.15, -0.1) is 17.3 Å². The van der Waals surface area contributed by atoms with Crippen molar-refractivity contribution in [1.82, 2.24) is 4.98 Å². The van der Waals surface area contributed by atoms with Crippen molar-refractivity contribution in [2.75, 3.05) is 6.26 Å². The molecule has 0 N–H and O–H groups in total. The maximum atomic E-state index is 4.65. The van der Waals surface area contributed by atoms with Gasteiger partial charge in [-0.05, 0) is 30.5 Å². The van der Waals surface area contributed by atoms with Crippen molar-refractivity contribution >= 4 is 30.7 Å². The van der Waals surface area contributed by atoms with E-state index in [1.54, 1.807) is 11.8 Å². The third kappa shape index (κ3) is 3.15. The van der Waals surface area contributed by atoms with E-state index in [1.165, 1.54) is 0 Å². The Hall–Kier alpha value is -1.24. The molecule has 3 heteroatoms.